The molecule has 0 unspecified atom stereocenters. The third-order valence-electron chi connectivity index (χ3n) is 4.63. The Morgan fingerprint density at radius 2 is 1.69 bits per heavy atom. The number of rotatable bonds is 7. The number of halogens is 2. The maximum Gasteiger partial charge on any atom is 0.309 e. The highest BCUT2D eigenvalue weighted by Gasteiger charge is 2.32. The first-order valence-corrected chi connectivity index (χ1v) is 11.4. The lowest BCUT2D eigenvalue weighted by Crippen LogP contribution is -2.40. The zero-order chi connectivity index (χ0) is 20.9. The van der Waals surface area contributed by atoms with Crippen LogP contribution in [0.15, 0.2) is 53.4 Å². The van der Waals surface area contributed by atoms with Crippen LogP contribution in [0.5, 0.6) is 5.75 Å². The van der Waals surface area contributed by atoms with E-state index < -0.39 is 10.0 Å². The number of carbonyl (C=O) groups is 1. The summed E-state index contributed by atoms with van der Waals surface area (Å²) in [5, 5.41) is 1.05. The minimum absolute atomic E-state index is 0.120. The van der Waals surface area contributed by atoms with Crippen LogP contribution in [0.2, 0.25) is 10.0 Å². The highest BCUT2D eigenvalue weighted by molar-refractivity contribution is 7.89. The van der Waals surface area contributed by atoms with Crippen LogP contribution in [-0.4, -0.2) is 45.0 Å². The van der Waals surface area contributed by atoms with Gasteiger partial charge in [-0.25, -0.2) is 8.42 Å². The molecular formula is C20H21Cl2NO5S. The Kier molecular flexibility index (Phi) is 7.40. The molecule has 3 rings (SSSR count). The zero-order valence-corrected chi connectivity index (χ0v) is 17.9. The smallest absolute Gasteiger partial charge is 0.309 e. The molecule has 1 fully saturated rings. The normalized spacial score (nSPS) is 15.8. The van der Waals surface area contributed by atoms with Gasteiger partial charge in [-0.2, -0.15) is 4.31 Å². The van der Waals surface area contributed by atoms with E-state index in [9.17, 15) is 13.2 Å². The van der Waals surface area contributed by atoms with Crippen molar-refractivity contribution in [3.05, 3.63) is 58.6 Å². The first-order valence-electron chi connectivity index (χ1n) is 9.17. The number of nitrogens with zero attached hydrogens (tertiary/aromatic N) is 1. The summed E-state index contributed by atoms with van der Waals surface area (Å²) in [6, 6.07) is 13.0. The molecule has 2 aromatic rings. The lowest BCUT2D eigenvalue weighted by atomic mass is 9.98. The Labute approximate surface area is 180 Å². The number of sulfonamides is 1. The Morgan fingerprint density at radius 1 is 1.00 bits per heavy atom. The fraction of sp³-hybridized carbons (Fsp3) is 0.350. The van der Waals surface area contributed by atoms with Gasteiger partial charge in [-0.05, 0) is 55.3 Å². The van der Waals surface area contributed by atoms with Gasteiger partial charge in [0.1, 0.15) is 19.0 Å². The number of hydrogen-bond donors (Lipinski definition) is 0. The average molecular weight is 458 g/mol. The quantitative estimate of drug-likeness (QED) is 0.463. The molecule has 0 amide bonds. The van der Waals surface area contributed by atoms with Gasteiger partial charge in [0.25, 0.3) is 0 Å². The van der Waals surface area contributed by atoms with E-state index in [2.05, 4.69) is 0 Å². The SMILES string of the molecule is O=C(OCCOc1cccc(Cl)c1)C1CCN(S(=O)(=O)c2ccc(Cl)cc2)CC1. The Bertz CT molecular complexity index is 942. The molecule has 0 atom stereocenters. The van der Waals surface area contributed by atoms with Gasteiger partial charge in [0, 0.05) is 23.1 Å². The van der Waals surface area contributed by atoms with E-state index in [4.69, 9.17) is 32.7 Å². The minimum atomic E-state index is -3.59. The van der Waals surface area contributed by atoms with Crippen molar-refractivity contribution in [3.8, 4) is 5.75 Å². The molecule has 0 bridgehead atoms. The number of ether oxygens (including phenoxy) is 2. The second kappa shape index (κ2) is 9.80. The van der Waals surface area contributed by atoms with E-state index in [0.717, 1.165) is 0 Å². The predicted molar refractivity (Wildman–Crippen MR) is 111 cm³/mol. The number of benzene rings is 2. The van der Waals surface area contributed by atoms with Crippen molar-refractivity contribution in [3.63, 3.8) is 0 Å². The summed E-state index contributed by atoms with van der Waals surface area (Å²) in [6.45, 7) is 0.873. The molecule has 6 nitrogen and oxygen atoms in total. The molecule has 29 heavy (non-hydrogen) atoms. The van der Waals surface area contributed by atoms with Crippen LogP contribution in [0.25, 0.3) is 0 Å². The molecule has 0 radical (unpaired) electrons. The molecule has 0 spiro atoms. The van der Waals surface area contributed by atoms with Crippen molar-refractivity contribution in [2.75, 3.05) is 26.3 Å². The van der Waals surface area contributed by atoms with Crippen LogP contribution in [0.1, 0.15) is 12.8 Å². The van der Waals surface area contributed by atoms with Crippen LogP contribution in [0.3, 0.4) is 0 Å². The minimum Gasteiger partial charge on any atom is -0.490 e. The Morgan fingerprint density at radius 3 is 2.34 bits per heavy atom. The molecule has 0 aromatic heterocycles. The molecule has 0 aliphatic carbocycles. The van der Waals surface area contributed by atoms with E-state index in [1.54, 1.807) is 36.4 Å². The maximum atomic E-state index is 12.7. The Hall–Kier alpha value is -1.80. The molecule has 1 heterocycles. The highest BCUT2D eigenvalue weighted by atomic mass is 35.5. The van der Waals surface area contributed by atoms with Crippen LogP contribution in [0.4, 0.5) is 0 Å². The predicted octanol–water partition coefficient (Wildman–Crippen LogP) is 4.02. The number of hydrogen-bond acceptors (Lipinski definition) is 5. The van der Waals surface area contributed by atoms with Gasteiger partial charge in [-0.15, -0.1) is 0 Å². The summed E-state index contributed by atoms with van der Waals surface area (Å²) in [6.07, 6.45) is 0.835. The van der Waals surface area contributed by atoms with Gasteiger partial charge in [-0.1, -0.05) is 29.3 Å². The van der Waals surface area contributed by atoms with Crippen molar-refractivity contribution < 1.29 is 22.7 Å². The largest absolute Gasteiger partial charge is 0.490 e. The summed E-state index contributed by atoms with van der Waals surface area (Å²) >= 11 is 11.7. The van der Waals surface area contributed by atoms with Gasteiger partial charge in [0.2, 0.25) is 10.0 Å². The van der Waals surface area contributed by atoms with Crippen molar-refractivity contribution in [2.24, 2.45) is 5.92 Å². The fourth-order valence-electron chi connectivity index (χ4n) is 3.06. The highest BCUT2D eigenvalue weighted by Crippen LogP contribution is 2.25. The lowest BCUT2D eigenvalue weighted by Gasteiger charge is -2.30. The molecule has 0 N–H and O–H groups in total. The molecule has 0 saturated carbocycles. The molecule has 9 heteroatoms. The summed E-state index contributed by atoms with van der Waals surface area (Å²) in [7, 11) is -3.59. The average Bonchev–Trinajstić information content (AvgIpc) is 2.71. The number of carbonyl (C=O) groups excluding carboxylic acids is 1. The first kappa shape index (κ1) is 21.9. The fourth-order valence-corrected chi connectivity index (χ4v) is 4.84. The summed E-state index contributed by atoms with van der Waals surface area (Å²) in [5.74, 6) is -0.0460. The second-order valence-corrected chi connectivity index (χ2v) is 9.42. The van der Waals surface area contributed by atoms with Crippen LogP contribution >= 0.6 is 23.2 Å². The number of esters is 1. The molecule has 1 aliphatic rings. The van der Waals surface area contributed by atoms with Gasteiger partial charge >= 0.3 is 5.97 Å². The Balaban J connectivity index is 1.44. The topological polar surface area (TPSA) is 72.9 Å². The second-order valence-electron chi connectivity index (χ2n) is 6.61. The van der Waals surface area contributed by atoms with Gasteiger partial charge in [0.15, 0.2) is 0 Å². The molecule has 156 valence electrons. The van der Waals surface area contributed by atoms with Crippen molar-refractivity contribution in [1.82, 2.24) is 4.31 Å². The third kappa shape index (κ3) is 5.85. The molecule has 1 saturated heterocycles. The first-order chi connectivity index (χ1) is 13.9. The van der Waals surface area contributed by atoms with Gasteiger partial charge < -0.3 is 9.47 Å². The summed E-state index contributed by atoms with van der Waals surface area (Å²) in [4.78, 5) is 12.4. The van der Waals surface area contributed by atoms with E-state index in [1.807, 2.05) is 0 Å². The van der Waals surface area contributed by atoms with Crippen molar-refractivity contribution in [1.29, 1.82) is 0 Å². The van der Waals surface area contributed by atoms with E-state index in [-0.39, 0.29) is 43.1 Å². The van der Waals surface area contributed by atoms with Crippen molar-refractivity contribution >= 4 is 39.2 Å². The van der Waals surface area contributed by atoms with Crippen LogP contribution in [-0.2, 0) is 19.6 Å². The van der Waals surface area contributed by atoms with E-state index in [0.29, 0.717) is 28.6 Å². The molecule has 1 aliphatic heterocycles. The van der Waals surface area contributed by atoms with Gasteiger partial charge in [0.05, 0.1) is 10.8 Å². The van der Waals surface area contributed by atoms with E-state index >= 15 is 0 Å². The number of piperidine rings is 1. The molecular weight excluding hydrogens is 437 g/mol. The van der Waals surface area contributed by atoms with Crippen molar-refractivity contribution in [2.45, 2.75) is 17.7 Å². The van der Waals surface area contributed by atoms with Gasteiger partial charge in [-0.3, -0.25) is 4.79 Å². The summed E-state index contributed by atoms with van der Waals surface area (Å²) < 4.78 is 37.5. The zero-order valence-electron chi connectivity index (χ0n) is 15.6. The molecule has 2 aromatic carbocycles. The summed E-state index contributed by atoms with van der Waals surface area (Å²) in [5.41, 5.74) is 0. The van der Waals surface area contributed by atoms with Crippen LogP contribution < -0.4 is 4.74 Å². The van der Waals surface area contributed by atoms with E-state index in [1.165, 1.54) is 16.4 Å². The lowest BCUT2D eigenvalue weighted by molar-refractivity contribution is -0.150. The maximum absolute atomic E-state index is 12.7. The monoisotopic (exact) mass is 457 g/mol. The van der Waals surface area contributed by atoms with Crippen LogP contribution in [0, 0.1) is 5.92 Å². The third-order valence-corrected chi connectivity index (χ3v) is 7.03. The standard InChI is InChI=1S/C20H21Cl2NO5S/c21-16-4-6-19(7-5-16)29(25,26)23-10-8-15(9-11-23)20(24)28-13-12-27-18-3-1-2-17(22)14-18/h1-7,14-15H,8-13H2.